The molecule has 0 amide bonds. The van der Waals surface area contributed by atoms with Crippen LogP contribution in [-0.4, -0.2) is 20.5 Å². The van der Waals surface area contributed by atoms with Crippen molar-refractivity contribution < 1.29 is 8.42 Å². The molecule has 0 atom stereocenters. The summed E-state index contributed by atoms with van der Waals surface area (Å²) in [6.45, 7) is 7.41. The largest absolute Gasteiger partial charge is 0.313 e. The highest BCUT2D eigenvalue weighted by Crippen LogP contribution is 2.33. The van der Waals surface area contributed by atoms with Crippen LogP contribution in [0.25, 0.3) is 0 Å². The van der Waals surface area contributed by atoms with Gasteiger partial charge in [-0.3, -0.25) is 0 Å². The van der Waals surface area contributed by atoms with Crippen LogP contribution in [0.5, 0.6) is 0 Å². The summed E-state index contributed by atoms with van der Waals surface area (Å²) in [5.74, 6) is 0. The number of rotatable bonds is 6. The zero-order valence-electron chi connectivity index (χ0n) is 12.5. The van der Waals surface area contributed by atoms with Gasteiger partial charge < -0.3 is 5.32 Å². The van der Waals surface area contributed by atoms with Crippen molar-refractivity contribution in [3.8, 4) is 0 Å². The fourth-order valence-electron chi connectivity index (χ4n) is 2.50. The van der Waals surface area contributed by atoms with Crippen molar-refractivity contribution in [1.82, 2.24) is 10.0 Å². The summed E-state index contributed by atoms with van der Waals surface area (Å²) in [5, 5.41) is 3.22. The van der Waals surface area contributed by atoms with Gasteiger partial charge in [0.05, 0.1) is 4.90 Å². The number of nitrogens with one attached hydrogen (secondary N) is 2. The number of benzene rings is 1. The van der Waals surface area contributed by atoms with Crippen molar-refractivity contribution in [1.29, 1.82) is 0 Å². The Morgan fingerprint density at radius 2 is 2.00 bits per heavy atom. The Bertz CT molecular complexity index is 578. The molecule has 0 unspecified atom stereocenters. The van der Waals surface area contributed by atoms with Crippen LogP contribution in [0.3, 0.4) is 0 Å². The molecule has 5 heteroatoms. The van der Waals surface area contributed by atoms with Gasteiger partial charge in [-0.05, 0) is 56.8 Å². The van der Waals surface area contributed by atoms with Crippen LogP contribution in [0.4, 0.5) is 0 Å². The monoisotopic (exact) mass is 296 g/mol. The molecule has 1 aromatic carbocycles. The van der Waals surface area contributed by atoms with E-state index in [-0.39, 0.29) is 5.54 Å². The molecule has 1 aromatic rings. The summed E-state index contributed by atoms with van der Waals surface area (Å²) in [6, 6.07) is 5.63. The normalized spacial score (nSPS) is 17.8. The second-order valence-electron chi connectivity index (χ2n) is 5.90. The molecule has 1 aliphatic carbocycles. The number of hydrogen-bond acceptors (Lipinski definition) is 3. The molecule has 0 radical (unpaired) electrons. The molecule has 0 spiro atoms. The maximum absolute atomic E-state index is 12.6. The maximum Gasteiger partial charge on any atom is 0.241 e. The predicted octanol–water partition coefficient (Wildman–Crippen LogP) is 2.33. The Hall–Kier alpha value is -0.910. The Labute approximate surface area is 122 Å². The van der Waals surface area contributed by atoms with E-state index in [9.17, 15) is 8.42 Å². The average Bonchev–Trinajstić information content (AvgIpc) is 2.35. The van der Waals surface area contributed by atoms with E-state index < -0.39 is 10.0 Å². The lowest BCUT2D eigenvalue weighted by molar-refractivity contribution is 0.248. The van der Waals surface area contributed by atoms with Gasteiger partial charge in [0.15, 0.2) is 0 Å². The highest BCUT2D eigenvalue weighted by Gasteiger charge is 2.36. The fraction of sp³-hybridized carbons (Fsp3) is 0.600. The Morgan fingerprint density at radius 3 is 2.55 bits per heavy atom. The van der Waals surface area contributed by atoms with Crippen molar-refractivity contribution in [2.24, 2.45) is 0 Å². The standard InChI is InChI=1S/C15H24N2O2S/c1-4-16-11-13-7-6-12(2)14(10-13)20(18,19)17-15(3)8-5-9-15/h6-7,10,16-17H,4-5,8-9,11H2,1-3H3. The molecular weight excluding hydrogens is 272 g/mol. The van der Waals surface area contributed by atoms with E-state index in [4.69, 9.17) is 0 Å². The first kappa shape index (κ1) is 15.5. The van der Waals surface area contributed by atoms with Crippen molar-refractivity contribution in [3.05, 3.63) is 29.3 Å². The van der Waals surface area contributed by atoms with Crippen LogP contribution in [-0.2, 0) is 16.6 Å². The summed E-state index contributed by atoms with van der Waals surface area (Å²) in [5.41, 5.74) is 1.53. The van der Waals surface area contributed by atoms with E-state index in [1.54, 1.807) is 6.07 Å². The molecule has 1 fully saturated rings. The minimum Gasteiger partial charge on any atom is -0.313 e. The van der Waals surface area contributed by atoms with Crippen LogP contribution in [0.1, 0.15) is 44.2 Å². The van der Waals surface area contributed by atoms with E-state index in [2.05, 4.69) is 10.0 Å². The number of aryl methyl sites for hydroxylation is 1. The molecular formula is C15H24N2O2S. The molecule has 0 aliphatic heterocycles. The third-order valence-electron chi connectivity index (χ3n) is 3.96. The second-order valence-corrected chi connectivity index (χ2v) is 7.55. The molecule has 112 valence electrons. The lowest BCUT2D eigenvalue weighted by atomic mass is 9.80. The summed E-state index contributed by atoms with van der Waals surface area (Å²) >= 11 is 0. The molecule has 0 saturated heterocycles. The number of hydrogen-bond donors (Lipinski definition) is 2. The summed E-state index contributed by atoms with van der Waals surface area (Å²) in [6.07, 6.45) is 2.93. The first-order chi connectivity index (χ1) is 9.36. The van der Waals surface area contributed by atoms with Gasteiger partial charge in [0.25, 0.3) is 0 Å². The van der Waals surface area contributed by atoms with E-state index >= 15 is 0 Å². The molecule has 0 heterocycles. The first-order valence-electron chi connectivity index (χ1n) is 7.20. The van der Waals surface area contributed by atoms with E-state index in [1.165, 1.54) is 0 Å². The average molecular weight is 296 g/mol. The zero-order chi connectivity index (χ0) is 14.8. The summed E-state index contributed by atoms with van der Waals surface area (Å²) in [7, 11) is -3.43. The van der Waals surface area contributed by atoms with Crippen LogP contribution < -0.4 is 10.0 Å². The quantitative estimate of drug-likeness (QED) is 0.847. The predicted molar refractivity (Wildman–Crippen MR) is 81.1 cm³/mol. The van der Waals surface area contributed by atoms with Gasteiger partial charge in [0.1, 0.15) is 0 Å². The van der Waals surface area contributed by atoms with Crippen LogP contribution in [0.15, 0.2) is 23.1 Å². The highest BCUT2D eigenvalue weighted by atomic mass is 32.2. The van der Waals surface area contributed by atoms with Crippen molar-refractivity contribution in [2.45, 2.75) is 57.0 Å². The molecule has 0 bridgehead atoms. The van der Waals surface area contributed by atoms with Gasteiger partial charge in [-0.1, -0.05) is 19.1 Å². The van der Waals surface area contributed by atoms with E-state index in [1.807, 2.05) is 32.9 Å². The summed E-state index contributed by atoms with van der Waals surface area (Å²) in [4.78, 5) is 0.404. The SMILES string of the molecule is CCNCc1ccc(C)c(S(=O)(=O)NC2(C)CCC2)c1. The van der Waals surface area contributed by atoms with Gasteiger partial charge in [-0.15, -0.1) is 0 Å². The Balaban J connectivity index is 2.25. The highest BCUT2D eigenvalue weighted by molar-refractivity contribution is 7.89. The van der Waals surface area contributed by atoms with Crippen LogP contribution in [0.2, 0.25) is 0 Å². The third kappa shape index (κ3) is 3.40. The topological polar surface area (TPSA) is 58.2 Å². The third-order valence-corrected chi connectivity index (χ3v) is 5.74. The molecule has 1 saturated carbocycles. The van der Waals surface area contributed by atoms with Gasteiger partial charge in [-0.25, -0.2) is 13.1 Å². The Kier molecular flexibility index (Phi) is 4.52. The van der Waals surface area contributed by atoms with Crippen LogP contribution >= 0.6 is 0 Å². The minimum absolute atomic E-state index is 0.261. The molecule has 2 rings (SSSR count). The number of sulfonamides is 1. The molecule has 2 N–H and O–H groups in total. The van der Waals surface area contributed by atoms with Crippen molar-refractivity contribution in [3.63, 3.8) is 0 Å². The summed E-state index contributed by atoms with van der Waals surface area (Å²) < 4.78 is 28.0. The first-order valence-corrected chi connectivity index (χ1v) is 8.69. The lowest BCUT2D eigenvalue weighted by Crippen LogP contribution is -2.50. The van der Waals surface area contributed by atoms with Crippen molar-refractivity contribution in [2.75, 3.05) is 6.54 Å². The fourth-order valence-corrected chi connectivity index (χ4v) is 4.26. The zero-order valence-corrected chi connectivity index (χ0v) is 13.3. The molecule has 4 nitrogen and oxygen atoms in total. The molecule has 0 aromatic heterocycles. The minimum atomic E-state index is -3.43. The maximum atomic E-state index is 12.6. The lowest BCUT2D eigenvalue weighted by Gasteiger charge is -2.38. The van der Waals surface area contributed by atoms with Gasteiger partial charge in [0.2, 0.25) is 10.0 Å². The van der Waals surface area contributed by atoms with E-state index in [0.29, 0.717) is 11.4 Å². The van der Waals surface area contributed by atoms with E-state index in [0.717, 1.165) is 36.9 Å². The van der Waals surface area contributed by atoms with Gasteiger partial charge >= 0.3 is 0 Å². The van der Waals surface area contributed by atoms with Gasteiger partial charge in [0, 0.05) is 12.1 Å². The molecule has 1 aliphatic rings. The van der Waals surface area contributed by atoms with Crippen LogP contribution in [0, 0.1) is 6.92 Å². The molecule has 20 heavy (non-hydrogen) atoms. The van der Waals surface area contributed by atoms with Gasteiger partial charge in [-0.2, -0.15) is 0 Å². The Morgan fingerprint density at radius 1 is 1.30 bits per heavy atom. The smallest absolute Gasteiger partial charge is 0.241 e. The second kappa shape index (κ2) is 5.84. The van der Waals surface area contributed by atoms with Crippen molar-refractivity contribution >= 4 is 10.0 Å².